The first-order chi connectivity index (χ1) is 11.2. The Labute approximate surface area is 136 Å². The average molecular weight is 305 g/mol. The predicted octanol–water partition coefficient (Wildman–Crippen LogP) is 4.12. The molecule has 0 radical (unpaired) electrons. The van der Waals surface area contributed by atoms with Gasteiger partial charge in [0.15, 0.2) is 0 Å². The first-order valence-corrected chi connectivity index (χ1v) is 7.54. The lowest BCUT2D eigenvalue weighted by molar-refractivity contribution is 0.0785. The summed E-state index contributed by atoms with van der Waals surface area (Å²) in [7, 11) is 3.49. The smallest absolute Gasteiger partial charge is 0.253 e. The fraction of sp³-hybridized carbons (Fsp3) is 0.150. The van der Waals surface area contributed by atoms with Gasteiger partial charge >= 0.3 is 0 Å². The number of hydrogen-bond acceptors (Lipinski definition) is 2. The van der Waals surface area contributed by atoms with Crippen LogP contribution >= 0.6 is 0 Å². The molecule has 23 heavy (non-hydrogen) atoms. The largest absolute Gasteiger partial charge is 0.497 e. The third-order valence-electron chi connectivity index (χ3n) is 3.90. The van der Waals surface area contributed by atoms with Crippen LogP contribution in [-0.4, -0.2) is 25.0 Å². The maximum atomic E-state index is 12.4. The maximum Gasteiger partial charge on any atom is 0.253 e. The van der Waals surface area contributed by atoms with Crippen LogP contribution < -0.4 is 4.74 Å². The standard InChI is InChI=1S/C20H19NO2/c1-21(20(22)16-6-4-3-5-7-16)14-15-8-9-18-13-19(23-2)11-10-17(18)12-15/h3-13H,14H2,1-2H3. The zero-order valence-electron chi connectivity index (χ0n) is 13.3. The molecule has 0 saturated heterocycles. The van der Waals surface area contributed by atoms with Gasteiger partial charge in [-0.1, -0.05) is 36.4 Å². The molecule has 0 aliphatic rings. The lowest BCUT2D eigenvalue weighted by Gasteiger charge is -2.17. The van der Waals surface area contributed by atoms with Crippen LogP contribution in [0.25, 0.3) is 10.8 Å². The van der Waals surface area contributed by atoms with Crippen molar-refractivity contribution >= 4 is 16.7 Å². The van der Waals surface area contributed by atoms with Crippen LogP contribution in [0.3, 0.4) is 0 Å². The van der Waals surface area contributed by atoms with E-state index in [2.05, 4.69) is 18.2 Å². The Hall–Kier alpha value is -2.81. The van der Waals surface area contributed by atoms with Crippen molar-refractivity contribution in [2.75, 3.05) is 14.2 Å². The number of nitrogens with zero attached hydrogens (tertiary/aromatic N) is 1. The zero-order chi connectivity index (χ0) is 16.2. The summed E-state index contributed by atoms with van der Waals surface area (Å²) < 4.78 is 5.24. The third kappa shape index (κ3) is 3.34. The van der Waals surface area contributed by atoms with Crippen molar-refractivity contribution in [1.82, 2.24) is 4.90 Å². The number of methoxy groups -OCH3 is 1. The molecule has 0 saturated carbocycles. The second kappa shape index (κ2) is 6.53. The lowest BCUT2D eigenvalue weighted by atomic mass is 10.1. The maximum absolute atomic E-state index is 12.4. The van der Waals surface area contributed by atoms with Gasteiger partial charge in [-0.05, 0) is 46.7 Å². The van der Waals surface area contributed by atoms with Gasteiger partial charge in [0.2, 0.25) is 0 Å². The highest BCUT2D eigenvalue weighted by molar-refractivity contribution is 5.94. The number of fused-ring (bicyclic) bond motifs is 1. The number of ether oxygens (including phenoxy) is 1. The molecule has 0 spiro atoms. The quantitative estimate of drug-likeness (QED) is 0.725. The SMILES string of the molecule is COc1ccc2cc(CN(C)C(=O)c3ccccc3)ccc2c1. The Morgan fingerprint density at radius 1 is 0.957 bits per heavy atom. The van der Waals surface area contributed by atoms with Crippen LogP contribution in [-0.2, 0) is 6.54 Å². The molecule has 116 valence electrons. The molecular formula is C20H19NO2. The van der Waals surface area contributed by atoms with E-state index in [4.69, 9.17) is 4.74 Å². The predicted molar refractivity (Wildman–Crippen MR) is 92.7 cm³/mol. The summed E-state index contributed by atoms with van der Waals surface area (Å²) in [6.45, 7) is 0.579. The Balaban J connectivity index is 1.79. The summed E-state index contributed by atoms with van der Waals surface area (Å²) in [5.74, 6) is 0.877. The molecule has 3 heteroatoms. The van der Waals surface area contributed by atoms with E-state index in [-0.39, 0.29) is 5.91 Å². The molecule has 1 amide bonds. The fourth-order valence-corrected chi connectivity index (χ4v) is 2.65. The molecular weight excluding hydrogens is 286 g/mol. The van der Waals surface area contributed by atoms with Crippen molar-refractivity contribution < 1.29 is 9.53 Å². The van der Waals surface area contributed by atoms with Crippen molar-refractivity contribution in [2.45, 2.75) is 6.54 Å². The fourth-order valence-electron chi connectivity index (χ4n) is 2.65. The van der Waals surface area contributed by atoms with E-state index in [0.29, 0.717) is 12.1 Å². The van der Waals surface area contributed by atoms with Gasteiger partial charge < -0.3 is 9.64 Å². The lowest BCUT2D eigenvalue weighted by Crippen LogP contribution is -2.26. The number of carbonyl (C=O) groups excluding carboxylic acids is 1. The summed E-state index contributed by atoms with van der Waals surface area (Å²) in [5.41, 5.74) is 1.81. The van der Waals surface area contributed by atoms with Gasteiger partial charge in [0.1, 0.15) is 5.75 Å². The van der Waals surface area contributed by atoms with Crippen LogP contribution in [0.2, 0.25) is 0 Å². The monoisotopic (exact) mass is 305 g/mol. The Morgan fingerprint density at radius 3 is 2.39 bits per heavy atom. The number of amides is 1. The summed E-state index contributed by atoms with van der Waals surface area (Å²) in [6.07, 6.45) is 0. The molecule has 3 aromatic rings. The van der Waals surface area contributed by atoms with Gasteiger partial charge in [0, 0.05) is 19.2 Å². The molecule has 0 unspecified atom stereocenters. The summed E-state index contributed by atoms with van der Waals surface area (Å²) in [6, 6.07) is 21.6. The first kappa shape index (κ1) is 15.1. The molecule has 0 aromatic heterocycles. The molecule has 3 aromatic carbocycles. The van der Waals surface area contributed by atoms with Crippen molar-refractivity contribution in [1.29, 1.82) is 0 Å². The molecule has 0 heterocycles. The molecule has 0 N–H and O–H groups in total. The second-order valence-corrected chi connectivity index (χ2v) is 5.57. The van der Waals surface area contributed by atoms with Crippen molar-refractivity contribution in [3.63, 3.8) is 0 Å². The van der Waals surface area contributed by atoms with E-state index in [9.17, 15) is 4.79 Å². The molecule has 3 nitrogen and oxygen atoms in total. The van der Waals surface area contributed by atoms with Crippen LogP contribution in [0.15, 0.2) is 66.7 Å². The first-order valence-electron chi connectivity index (χ1n) is 7.54. The van der Waals surface area contributed by atoms with Crippen LogP contribution in [0.4, 0.5) is 0 Å². The summed E-state index contributed by atoms with van der Waals surface area (Å²) >= 11 is 0. The number of carbonyl (C=O) groups is 1. The molecule has 0 fully saturated rings. The number of hydrogen-bond donors (Lipinski definition) is 0. The minimum Gasteiger partial charge on any atom is -0.497 e. The summed E-state index contributed by atoms with van der Waals surface area (Å²) in [4.78, 5) is 14.1. The van der Waals surface area contributed by atoms with E-state index < -0.39 is 0 Å². The van der Waals surface area contributed by atoms with Crippen molar-refractivity contribution in [3.8, 4) is 5.75 Å². The second-order valence-electron chi connectivity index (χ2n) is 5.57. The van der Waals surface area contributed by atoms with Crippen molar-refractivity contribution in [3.05, 3.63) is 77.9 Å². The molecule has 0 bridgehead atoms. The normalized spacial score (nSPS) is 10.5. The highest BCUT2D eigenvalue weighted by Gasteiger charge is 2.11. The molecule has 0 atom stereocenters. The van der Waals surface area contributed by atoms with Crippen LogP contribution in [0, 0.1) is 0 Å². The van der Waals surface area contributed by atoms with E-state index >= 15 is 0 Å². The number of rotatable bonds is 4. The van der Waals surface area contributed by atoms with Gasteiger partial charge in [-0.25, -0.2) is 0 Å². The van der Waals surface area contributed by atoms with Crippen molar-refractivity contribution in [2.24, 2.45) is 0 Å². The molecule has 3 rings (SSSR count). The minimum absolute atomic E-state index is 0.0282. The van der Waals surface area contributed by atoms with Crippen LogP contribution in [0.1, 0.15) is 15.9 Å². The van der Waals surface area contributed by atoms with Gasteiger partial charge in [0.05, 0.1) is 7.11 Å². The minimum atomic E-state index is 0.0282. The van der Waals surface area contributed by atoms with E-state index in [1.807, 2.05) is 55.6 Å². The third-order valence-corrected chi connectivity index (χ3v) is 3.90. The van der Waals surface area contributed by atoms with E-state index in [0.717, 1.165) is 22.1 Å². The topological polar surface area (TPSA) is 29.5 Å². The molecule has 0 aliphatic heterocycles. The Kier molecular flexibility index (Phi) is 4.29. The Bertz CT molecular complexity index is 827. The number of benzene rings is 3. The van der Waals surface area contributed by atoms with E-state index in [1.165, 1.54) is 0 Å². The highest BCUT2D eigenvalue weighted by atomic mass is 16.5. The average Bonchev–Trinajstić information content (AvgIpc) is 2.61. The van der Waals surface area contributed by atoms with Gasteiger partial charge in [-0.3, -0.25) is 4.79 Å². The van der Waals surface area contributed by atoms with Gasteiger partial charge in [0.25, 0.3) is 5.91 Å². The van der Waals surface area contributed by atoms with Crippen LogP contribution in [0.5, 0.6) is 5.75 Å². The van der Waals surface area contributed by atoms with Gasteiger partial charge in [-0.15, -0.1) is 0 Å². The van der Waals surface area contributed by atoms with E-state index in [1.54, 1.807) is 12.0 Å². The summed E-state index contributed by atoms with van der Waals surface area (Å²) in [5, 5.41) is 2.27. The highest BCUT2D eigenvalue weighted by Crippen LogP contribution is 2.22. The molecule has 0 aliphatic carbocycles. The van der Waals surface area contributed by atoms with Gasteiger partial charge in [-0.2, -0.15) is 0 Å². The Morgan fingerprint density at radius 2 is 1.65 bits per heavy atom. The zero-order valence-corrected chi connectivity index (χ0v) is 13.3.